The molecule has 6 nitrogen and oxygen atoms in total. The van der Waals surface area contributed by atoms with Gasteiger partial charge in [-0.2, -0.15) is 5.10 Å². The van der Waals surface area contributed by atoms with E-state index in [-0.39, 0.29) is 12.2 Å². The van der Waals surface area contributed by atoms with Gasteiger partial charge in [0.25, 0.3) is 0 Å². The molecule has 0 amide bonds. The third kappa shape index (κ3) is 2.97. The smallest absolute Gasteiger partial charge is 0.339 e. The van der Waals surface area contributed by atoms with Crippen LogP contribution in [0.1, 0.15) is 21.6 Å². The Labute approximate surface area is 116 Å². The maximum atomic E-state index is 11.1. The zero-order chi connectivity index (χ0) is 14.5. The second-order valence-electron chi connectivity index (χ2n) is 4.25. The highest BCUT2D eigenvalue weighted by molar-refractivity contribution is 5.88. The van der Waals surface area contributed by atoms with Gasteiger partial charge in [-0.15, -0.1) is 0 Å². The molecule has 1 aromatic heterocycles. The lowest BCUT2D eigenvalue weighted by Crippen LogP contribution is -2.10. The Balaban J connectivity index is 2.25. The molecule has 2 rings (SSSR count). The molecule has 0 aliphatic heterocycles. The molecule has 0 atom stereocenters. The van der Waals surface area contributed by atoms with Crippen LogP contribution in [0.25, 0.3) is 0 Å². The lowest BCUT2D eigenvalue weighted by molar-refractivity contribution is 0.0691. The maximum Gasteiger partial charge on any atom is 0.339 e. The number of carboxylic acids is 1. The number of nitrogens with zero attached hydrogens (tertiary/aromatic N) is 2. The highest BCUT2D eigenvalue weighted by atomic mass is 16.5. The van der Waals surface area contributed by atoms with Crippen LogP contribution in [0.3, 0.4) is 0 Å². The quantitative estimate of drug-likeness (QED) is 0.870. The molecule has 20 heavy (non-hydrogen) atoms. The Bertz CT molecular complexity index is 590. The minimum absolute atomic E-state index is 0.167. The summed E-state index contributed by atoms with van der Waals surface area (Å²) in [5.41, 5.74) is 1.72. The monoisotopic (exact) mass is 276 g/mol. The van der Waals surface area contributed by atoms with Crippen LogP contribution in [-0.2, 0) is 17.9 Å². The molecule has 1 N–H and O–H groups in total. The lowest BCUT2D eigenvalue weighted by Gasteiger charge is -2.08. The summed E-state index contributed by atoms with van der Waals surface area (Å²) >= 11 is 0. The predicted octanol–water partition coefficient (Wildman–Crippen LogP) is 1.78. The van der Waals surface area contributed by atoms with Gasteiger partial charge in [-0.05, 0) is 17.7 Å². The number of carboxylic acid groups (broad SMARTS) is 1. The second kappa shape index (κ2) is 6.21. The van der Waals surface area contributed by atoms with E-state index in [0.29, 0.717) is 12.2 Å². The molecule has 0 saturated heterocycles. The molecule has 0 spiro atoms. The van der Waals surface area contributed by atoms with Crippen molar-refractivity contribution in [3.63, 3.8) is 0 Å². The van der Waals surface area contributed by atoms with Crippen LogP contribution in [0.15, 0.2) is 30.5 Å². The molecular weight excluding hydrogens is 260 g/mol. The van der Waals surface area contributed by atoms with Gasteiger partial charge in [-0.25, -0.2) is 4.79 Å². The number of ether oxygens (including phenoxy) is 2. The van der Waals surface area contributed by atoms with Gasteiger partial charge in [0.05, 0.1) is 32.2 Å². The number of benzene rings is 1. The Kier molecular flexibility index (Phi) is 4.37. The Morgan fingerprint density at radius 1 is 1.30 bits per heavy atom. The summed E-state index contributed by atoms with van der Waals surface area (Å²) < 4.78 is 11.8. The van der Waals surface area contributed by atoms with Gasteiger partial charge >= 0.3 is 5.97 Å². The van der Waals surface area contributed by atoms with Crippen LogP contribution in [0.5, 0.6) is 5.75 Å². The van der Waals surface area contributed by atoms with E-state index in [1.807, 2.05) is 24.3 Å². The molecule has 0 saturated carbocycles. The van der Waals surface area contributed by atoms with Crippen LogP contribution >= 0.6 is 0 Å². The number of aromatic nitrogens is 2. The number of methoxy groups -OCH3 is 2. The summed E-state index contributed by atoms with van der Waals surface area (Å²) in [4.78, 5) is 11.1. The van der Waals surface area contributed by atoms with Gasteiger partial charge in [0.1, 0.15) is 11.3 Å². The fraction of sp³-hybridized carbons (Fsp3) is 0.286. The summed E-state index contributed by atoms with van der Waals surface area (Å²) in [5.74, 6) is -0.226. The average Bonchev–Trinajstić information content (AvgIpc) is 2.83. The first kappa shape index (κ1) is 14.1. The van der Waals surface area contributed by atoms with Crippen LogP contribution in [0.4, 0.5) is 0 Å². The highest BCUT2D eigenvalue weighted by Gasteiger charge is 2.16. The van der Waals surface area contributed by atoms with Crippen molar-refractivity contribution in [3.05, 3.63) is 47.3 Å². The van der Waals surface area contributed by atoms with Crippen molar-refractivity contribution in [1.29, 1.82) is 0 Å². The largest absolute Gasteiger partial charge is 0.497 e. The molecule has 0 unspecified atom stereocenters. The molecule has 0 aliphatic rings. The van der Waals surface area contributed by atoms with Crippen molar-refractivity contribution in [1.82, 2.24) is 9.78 Å². The van der Waals surface area contributed by atoms with Crippen molar-refractivity contribution in [2.24, 2.45) is 0 Å². The summed E-state index contributed by atoms with van der Waals surface area (Å²) in [7, 11) is 3.13. The van der Waals surface area contributed by atoms with E-state index in [1.54, 1.807) is 11.8 Å². The predicted molar refractivity (Wildman–Crippen MR) is 72.0 cm³/mol. The molecule has 0 aliphatic carbocycles. The van der Waals surface area contributed by atoms with E-state index in [9.17, 15) is 4.79 Å². The molecule has 2 aromatic rings. The summed E-state index contributed by atoms with van der Waals surface area (Å²) in [6.07, 6.45) is 1.35. The molecule has 1 aromatic carbocycles. The van der Waals surface area contributed by atoms with Gasteiger partial charge in [0.2, 0.25) is 0 Å². The van der Waals surface area contributed by atoms with Crippen LogP contribution < -0.4 is 4.74 Å². The summed E-state index contributed by atoms with van der Waals surface area (Å²) in [6.45, 7) is 0.688. The third-order valence-corrected chi connectivity index (χ3v) is 2.95. The van der Waals surface area contributed by atoms with E-state index in [2.05, 4.69) is 5.10 Å². The molecular formula is C14H16N2O4. The van der Waals surface area contributed by atoms with Crippen molar-refractivity contribution < 1.29 is 19.4 Å². The first-order valence-corrected chi connectivity index (χ1v) is 6.05. The number of hydrogen-bond acceptors (Lipinski definition) is 4. The zero-order valence-electron chi connectivity index (χ0n) is 11.4. The zero-order valence-corrected chi connectivity index (χ0v) is 11.4. The van der Waals surface area contributed by atoms with Crippen molar-refractivity contribution in [3.8, 4) is 5.75 Å². The van der Waals surface area contributed by atoms with E-state index in [4.69, 9.17) is 14.6 Å². The first-order valence-electron chi connectivity index (χ1n) is 6.05. The number of aromatic carboxylic acids is 1. The molecule has 6 heteroatoms. The molecule has 0 radical (unpaired) electrons. The van der Waals surface area contributed by atoms with Gasteiger partial charge in [-0.3, -0.25) is 4.68 Å². The Morgan fingerprint density at radius 3 is 2.55 bits per heavy atom. The Morgan fingerprint density at radius 2 is 2.00 bits per heavy atom. The lowest BCUT2D eigenvalue weighted by atomic mass is 10.2. The van der Waals surface area contributed by atoms with Gasteiger partial charge in [0.15, 0.2) is 0 Å². The van der Waals surface area contributed by atoms with Gasteiger partial charge < -0.3 is 14.6 Å². The highest BCUT2D eigenvalue weighted by Crippen LogP contribution is 2.15. The summed E-state index contributed by atoms with van der Waals surface area (Å²) in [6, 6.07) is 7.54. The fourth-order valence-electron chi connectivity index (χ4n) is 1.92. The van der Waals surface area contributed by atoms with Crippen LogP contribution in [0.2, 0.25) is 0 Å². The average molecular weight is 276 g/mol. The first-order chi connectivity index (χ1) is 9.65. The Hall–Kier alpha value is -2.34. The van der Waals surface area contributed by atoms with E-state index in [1.165, 1.54) is 13.3 Å². The fourth-order valence-corrected chi connectivity index (χ4v) is 1.92. The molecule has 0 fully saturated rings. The maximum absolute atomic E-state index is 11.1. The minimum Gasteiger partial charge on any atom is -0.497 e. The molecule has 106 valence electrons. The summed E-state index contributed by atoms with van der Waals surface area (Å²) in [5, 5.41) is 13.2. The second-order valence-corrected chi connectivity index (χ2v) is 4.25. The van der Waals surface area contributed by atoms with E-state index >= 15 is 0 Å². The van der Waals surface area contributed by atoms with Crippen LogP contribution in [-0.4, -0.2) is 35.1 Å². The standard InChI is InChI=1S/C14H16N2O4/c1-19-9-13-12(14(17)18)7-15-16(13)8-10-3-5-11(20-2)6-4-10/h3-7H,8-9H2,1-2H3,(H,17,18). The third-order valence-electron chi connectivity index (χ3n) is 2.95. The topological polar surface area (TPSA) is 73.6 Å². The number of rotatable bonds is 6. The van der Waals surface area contributed by atoms with Gasteiger partial charge in [0, 0.05) is 7.11 Å². The van der Waals surface area contributed by atoms with Crippen molar-refractivity contribution in [2.45, 2.75) is 13.2 Å². The number of hydrogen-bond donors (Lipinski definition) is 1. The normalized spacial score (nSPS) is 10.5. The number of carbonyl (C=O) groups is 1. The minimum atomic E-state index is -1.00. The molecule has 1 heterocycles. The van der Waals surface area contributed by atoms with Crippen molar-refractivity contribution in [2.75, 3.05) is 14.2 Å². The van der Waals surface area contributed by atoms with Gasteiger partial charge in [-0.1, -0.05) is 12.1 Å². The van der Waals surface area contributed by atoms with Crippen LogP contribution in [0, 0.1) is 0 Å². The SMILES string of the molecule is COCc1c(C(=O)O)cnn1Cc1ccc(OC)cc1. The van der Waals surface area contributed by atoms with Crippen molar-refractivity contribution >= 4 is 5.97 Å². The van der Waals surface area contributed by atoms with E-state index < -0.39 is 5.97 Å². The molecule has 0 bridgehead atoms. The van der Waals surface area contributed by atoms with E-state index in [0.717, 1.165) is 11.3 Å².